The Morgan fingerprint density at radius 1 is 1.00 bits per heavy atom. The number of alkyl carbamates (subject to hydrolysis) is 1. The number of nitrogens with one attached hydrogen (secondary N) is 3. The lowest BCUT2D eigenvalue weighted by molar-refractivity contribution is -0.116. The van der Waals surface area contributed by atoms with Crippen LogP contribution in [0, 0.1) is 0 Å². The molecular formula is C19H23N3O4S. The first-order valence-corrected chi connectivity index (χ1v) is 9.33. The molecule has 144 valence electrons. The Balaban J connectivity index is 1.87. The first kappa shape index (κ1) is 20.4. The van der Waals surface area contributed by atoms with E-state index < -0.39 is 11.7 Å². The number of hydrogen-bond acceptors (Lipinski definition) is 5. The van der Waals surface area contributed by atoms with Gasteiger partial charge in [-0.05, 0) is 44.4 Å². The van der Waals surface area contributed by atoms with Gasteiger partial charge in [-0.1, -0.05) is 18.2 Å². The lowest BCUT2D eigenvalue weighted by atomic mass is 10.2. The highest BCUT2D eigenvalue weighted by Gasteiger charge is 2.16. The number of para-hydroxylation sites is 2. The van der Waals surface area contributed by atoms with Crippen molar-refractivity contribution in [2.45, 2.75) is 32.8 Å². The maximum Gasteiger partial charge on any atom is 0.407 e. The van der Waals surface area contributed by atoms with Crippen molar-refractivity contribution in [2.75, 3.05) is 17.2 Å². The number of thiophene rings is 1. The first-order chi connectivity index (χ1) is 12.7. The second-order valence-electron chi connectivity index (χ2n) is 6.70. The molecule has 7 nitrogen and oxygen atoms in total. The van der Waals surface area contributed by atoms with E-state index in [2.05, 4.69) is 16.0 Å². The van der Waals surface area contributed by atoms with Crippen LogP contribution in [-0.2, 0) is 9.53 Å². The predicted molar refractivity (Wildman–Crippen MR) is 106 cm³/mol. The van der Waals surface area contributed by atoms with E-state index in [9.17, 15) is 14.4 Å². The fourth-order valence-corrected chi connectivity index (χ4v) is 2.72. The normalized spacial score (nSPS) is 10.8. The Labute approximate surface area is 162 Å². The molecule has 0 saturated heterocycles. The zero-order valence-electron chi connectivity index (χ0n) is 15.5. The van der Waals surface area contributed by atoms with Crippen LogP contribution in [0.3, 0.4) is 0 Å². The Morgan fingerprint density at radius 2 is 1.67 bits per heavy atom. The standard InChI is InChI=1S/C19H23N3O4S/c1-19(2,3)26-18(25)20-11-10-16(23)21-13-7-4-5-8-14(13)22-17(24)15-9-6-12-27-15/h4-9,12H,10-11H2,1-3H3,(H,20,25)(H,21,23)(H,22,24). The van der Waals surface area contributed by atoms with E-state index in [1.54, 1.807) is 57.2 Å². The summed E-state index contributed by atoms with van der Waals surface area (Å²) in [4.78, 5) is 36.5. The summed E-state index contributed by atoms with van der Waals surface area (Å²) in [5.41, 5.74) is 0.403. The number of carbonyl (C=O) groups excluding carboxylic acids is 3. The average molecular weight is 389 g/mol. The number of rotatable bonds is 6. The third-order valence-corrected chi connectivity index (χ3v) is 4.08. The number of ether oxygens (including phenoxy) is 1. The fourth-order valence-electron chi connectivity index (χ4n) is 2.10. The molecule has 3 N–H and O–H groups in total. The first-order valence-electron chi connectivity index (χ1n) is 8.45. The van der Waals surface area contributed by atoms with E-state index in [0.29, 0.717) is 16.3 Å². The van der Waals surface area contributed by atoms with Crippen molar-refractivity contribution < 1.29 is 19.1 Å². The van der Waals surface area contributed by atoms with Crippen molar-refractivity contribution in [1.29, 1.82) is 0 Å². The number of amides is 3. The van der Waals surface area contributed by atoms with Gasteiger partial charge in [-0.15, -0.1) is 11.3 Å². The molecule has 8 heteroatoms. The maximum atomic E-state index is 12.2. The van der Waals surface area contributed by atoms with Gasteiger partial charge in [0.1, 0.15) is 5.60 Å². The van der Waals surface area contributed by atoms with Crippen molar-refractivity contribution in [3.63, 3.8) is 0 Å². The molecule has 0 radical (unpaired) electrons. The zero-order valence-corrected chi connectivity index (χ0v) is 16.3. The molecule has 1 aromatic carbocycles. The quantitative estimate of drug-likeness (QED) is 0.699. The van der Waals surface area contributed by atoms with Crippen molar-refractivity contribution in [1.82, 2.24) is 5.32 Å². The molecule has 0 bridgehead atoms. The van der Waals surface area contributed by atoms with Crippen LogP contribution in [0.2, 0.25) is 0 Å². The van der Waals surface area contributed by atoms with Crippen LogP contribution in [0.4, 0.5) is 16.2 Å². The van der Waals surface area contributed by atoms with Gasteiger partial charge < -0.3 is 20.7 Å². The van der Waals surface area contributed by atoms with E-state index >= 15 is 0 Å². The molecule has 2 rings (SSSR count). The van der Waals surface area contributed by atoms with Crippen molar-refractivity contribution in [3.8, 4) is 0 Å². The van der Waals surface area contributed by atoms with E-state index in [0.717, 1.165) is 0 Å². The Hall–Kier alpha value is -2.87. The predicted octanol–water partition coefficient (Wildman–Crippen LogP) is 3.85. The number of hydrogen-bond donors (Lipinski definition) is 3. The zero-order chi connectivity index (χ0) is 19.9. The van der Waals surface area contributed by atoms with Gasteiger partial charge in [0, 0.05) is 13.0 Å². The van der Waals surface area contributed by atoms with Crippen LogP contribution < -0.4 is 16.0 Å². The van der Waals surface area contributed by atoms with E-state index in [1.807, 2.05) is 5.38 Å². The molecular weight excluding hydrogens is 366 g/mol. The molecule has 3 amide bonds. The topological polar surface area (TPSA) is 96.5 Å². The SMILES string of the molecule is CC(C)(C)OC(=O)NCCC(=O)Nc1ccccc1NC(=O)c1cccs1. The molecule has 2 aromatic rings. The van der Waals surface area contributed by atoms with Crippen LogP contribution in [0.25, 0.3) is 0 Å². The number of anilines is 2. The summed E-state index contributed by atoms with van der Waals surface area (Å²) in [6.07, 6.45) is -0.495. The minimum atomic E-state index is -0.591. The third kappa shape index (κ3) is 7.10. The van der Waals surface area contributed by atoms with Gasteiger partial charge in [-0.25, -0.2) is 4.79 Å². The Bertz CT molecular complexity index is 798. The molecule has 0 aliphatic rings. The lowest BCUT2D eigenvalue weighted by Crippen LogP contribution is -2.34. The molecule has 0 fully saturated rings. The van der Waals surface area contributed by atoms with Crippen LogP contribution in [-0.4, -0.2) is 30.1 Å². The molecule has 0 saturated carbocycles. The fraction of sp³-hybridized carbons (Fsp3) is 0.316. The Kier molecular flexibility index (Phi) is 6.95. The molecule has 0 spiro atoms. The van der Waals surface area contributed by atoms with Crippen LogP contribution in [0.15, 0.2) is 41.8 Å². The summed E-state index contributed by atoms with van der Waals surface area (Å²) in [6, 6.07) is 10.5. The van der Waals surface area contributed by atoms with Crippen LogP contribution >= 0.6 is 11.3 Å². The maximum absolute atomic E-state index is 12.2. The smallest absolute Gasteiger partial charge is 0.407 e. The van der Waals surface area contributed by atoms with Gasteiger partial charge in [0.25, 0.3) is 5.91 Å². The summed E-state index contributed by atoms with van der Waals surface area (Å²) in [5.74, 6) is -0.526. The van der Waals surface area contributed by atoms with Gasteiger partial charge >= 0.3 is 6.09 Å². The molecule has 0 aliphatic carbocycles. The summed E-state index contributed by atoms with van der Waals surface area (Å²) in [6.45, 7) is 5.44. The van der Waals surface area contributed by atoms with Crippen LogP contribution in [0.5, 0.6) is 0 Å². The van der Waals surface area contributed by atoms with Gasteiger partial charge in [0.15, 0.2) is 0 Å². The van der Waals surface area contributed by atoms with E-state index in [4.69, 9.17) is 4.74 Å². The highest BCUT2D eigenvalue weighted by Crippen LogP contribution is 2.22. The molecule has 1 heterocycles. The number of benzene rings is 1. The van der Waals surface area contributed by atoms with Crippen molar-refractivity contribution in [3.05, 3.63) is 46.7 Å². The van der Waals surface area contributed by atoms with Crippen molar-refractivity contribution >= 4 is 40.6 Å². The third-order valence-electron chi connectivity index (χ3n) is 3.21. The van der Waals surface area contributed by atoms with E-state index in [1.165, 1.54) is 11.3 Å². The highest BCUT2D eigenvalue weighted by molar-refractivity contribution is 7.12. The summed E-state index contributed by atoms with van der Waals surface area (Å²) in [5, 5.41) is 9.88. The molecule has 0 aliphatic heterocycles. The van der Waals surface area contributed by atoms with Gasteiger partial charge in [0.2, 0.25) is 5.91 Å². The monoisotopic (exact) mass is 389 g/mol. The van der Waals surface area contributed by atoms with Gasteiger partial charge in [0.05, 0.1) is 16.3 Å². The largest absolute Gasteiger partial charge is 0.444 e. The van der Waals surface area contributed by atoms with Crippen LogP contribution in [0.1, 0.15) is 36.9 Å². The second kappa shape index (κ2) is 9.18. The average Bonchev–Trinajstić information content (AvgIpc) is 3.09. The van der Waals surface area contributed by atoms with Gasteiger partial charge in [-0.3, -0.25) is 9.59 Å². The second-order valence-corrected chi connectivity index (χ2v) is 7.65. The molecule has 0 unspecified atom stereocenters. The number of carbonyl (C=O) groups is 3. The summed E-state index contributed by atoms with van der Waals surface area (Å²) in [7, 11) is 0. The summed E-state index contributed by atoms with van der Waals surface area (Å²) < 4.78 is 5.11. The van der Waals surface area contributed by atoms with E-state index in [-0.39, 0.29) is 24.8 Å². The highest BCUT2D eigenvalue weighted by atomic mass is 32.1. The minimum Gasteiger partial charge on any atom is -0.444 e. The molecule has 27 heavy (non-hydrogen) atoms. The molecule has 1 aromatic heterocycles. The molecule has 0 atom stereocenters. The minimum absolute atomic E-state index is 0.0758. The Morgan fingerprint density at radius 3 is 2.26 bits per heavy atom. The summed E-state index contributed by atoms with van der Waals surface area (Å²) >= 11 is 1.34. The lowest BCUT2D eigenvalue weighted by Gasteiger charge is -2.19. The van der Waals surface area contributed by atoms with Gasteiger partial charge in [-0.2, -0.15) is 0 Å². The van der Waals surface area contributed by atoms with Crippen molar-refractivity contribution in [2.24, 2.45) is 0 Å².